The predicted molar refractivity (Wildman–Crippen MR) is 50.4 cm³/mol. The van der Waals surface area contributed by atoms with Gasteiger partial charge in [0.15, 0.2) is 0 Å². The quantitative estimate of drug-likeness (QED) is 0.519. The lowest BCUT2D eigenvalue weighted by Crippen LogP contribution is -1.77. The summed E-state index contributed by atoms with van der Waals surface area (Å²) in [7, 11) is 0. The fourth-order valence-corrected chi connectivity index (χ4v) is 1.36. The Morgan fingerprint density at radius 1 is 0.786 bits per heavy atom. The Balaban J connectivity index is 2.64. The van der Waals surface area contributed by atoms with Crippen molar-refractivity contribution in [3.8, 4) is 0 Å². The average Bonchev–Trinajstić information content (AvgIpc) is 2.55. The Bertz CT molecular complexity index is 607. The topological polar surface area (TPSA) is 64.5 Å². The van der Waals surface area contributed by atoms with Crippen LogP contribution in [0.15, 0.2) is 30.6 Å². The van der Waals surface area contributed by atoms with Gasteiger partial charge >= 0.3 is 0 Å². The maximum Gasteiger partial charge on any atom is 0.143 e. The Hall–Kier alpha value is -2.17. The number of benzene rings is 1. The van der Waals surface area contributed by atoms with Crippen molar-refractivity contribution < 1.29 is 0 Å². The van der Waals surface area contributed by atoms with Crippen molar-refractivity contribution in [1.29, 1.82) is 0 Å². The predicted octanol–water partition coefficient (Wildman–Crippen LogP) is 0.968. The van der Waals surface area contributed by atoms with Gasteiger partial charge in [0.25, 0.3) is 0 Å². The van der Waals surface area contributed by atoms with Crippen molar-refractivity contribution in [3.05, 3.63) is 30.6 Å². The summed E-state index contributed by atoms with van der Waals surface area (Å²) in [5.41, 5.74) is 2.98. The molecule has 0 saturated carbocycles. The Morgan fingerprint density at radius 3 is 2.64 bits per heavy atom. The molecule has 0 bridgehead atoms. The van der Waals surface area contributed by atoms with E-state index in [9.17, 15) is 0 Å². The van der Waals surface area contributed by atoms with Crippen LogP contribution in [0, 0.1) is 0 Å². The largest absolute Gasteiger partial charge is 0.254 e. The van der Waals surface area contributed by atoms with E-state index in [1.165, 1.54) is 0 Å². The van der Waals surface area contributed by atoms with E-state index < -0.39 is 0 Å². The lowest BCUT2D eigenvalue weighted by Gasteiger charge is -1.89. The normalized spacial score (nSPS) is 10.9. The van der Waals surface area contributed by atoms with Gasteiger partial charge in [-0.25, -0.2) is 0 Å². The fourth-order valence-electron chi connectivity index (χ4n) is 1.36. The molecule has 5 heteroatoms. The summed E-state index contributed by atoms with van der Waals surface area (Å²) < 4.78 is 0. The highest BCUT2D eigenvalue weighted by Crippen LogP contribution is 2.16. The minimum atomic E-state index is 0.700. The Kier molecular flexibility index (Phi) is 1.38. The second kappa shape index (κ2) is 2.66. The first-order valence-corrected chi connectivity index (χ1v) is 4.14. The minimum Gasteiger partial charge on any atom is -0.254 e. The van der Waals surface area contributed by atoms with Crippen LogP contribution in [0.25, 0.3) is 22.1 Å². The summed E-state index contributed by atoms with van der Waals surface area (Å²) >= 11 is 0. The van der Waals surface area contributed by atoms with Crippen LogP contribution in [-0.4, -0.2) is 25.4 Å². The molecule has 5 nitrogen and oxygen atoms in total. The molecule has 14 heavy (non-hydrogen) atoms. The number of fused-ring (bicyclic) bond motifs is 3. The van der Waals surface area contributed by atoms with Crippen molar-refractivity contribution in [1.82, 2.24) is 25.4 Å². The zero-order chi connectivity index (χ0) is 9.38. The molecule has 2 aromatic heterocycles. The molecule has 0 fully saturated rings. The zero-order valence-electron chi connectivity index (χ0n) is 7.12. The van der Waals surface area contributed by atoms with Crippen molar-refractivity contribution in [3.63, 3.8) is 0 Å². The molecule has 66 valence electrons. The van der Waals surface area contributed by atoms with Gasteiger partial charge in [-0.15, -0.1) is 10.2 Å². The highest BCUT2D eigenvalue weighted by atomic mass is 15.3. The van der Waals surface area contributed by atoms with E-state index in [-0.39, 0.29) is 0 Å². The van der Waals surface area contributed by atoms with E-state index in [0.29, 0.717) is 5.52 Å². The third-order valence-corrected chi connectivity index (χ3v) is 2.00. The second-order valence-electron chi connectivity index (χ2n) is 2.84. The van der Waals surface area contributed by atoms with E-state index in [4.69, 9.17) is 0 Å². The lowest BCUT2D eigenvalue weighted by molar-refractivity contribution is 0.960. The molecule has 3 aromatic rings. The third-order valence-electron chi connectivity index (χ3n) is 2.00. The van der Waals surface area contributed by atoms with Crippen LogP contribution in [0.2, 0.25) is 0 Å². The molecular weight excluding hydrogens is 178 g/mol. The SMILES string of the molecule is c1cnc2ccc3nnnc3c2nc1. The average molecular weight is 183 g/mol. The van der Waals surface area contributed by atoms with Crippen LogP contribution in [0.1, 0.15) is 0 Å². The maximum atomic E-state index is 4.24. The number of nitrogens with zero attached hydrogens (tertiary/aromatic N) is 5. The zero-order valence-corrected chi connectivity index (χ0v) is 7.12. The van der Waals surface area contributed by atoms with Crippen LogP contribution in [0.3, 0.4) is 0 Å². The smallest absolute Gasteiger partial charge is 0.143 e. The Labute approximate surface area is 78.8 Å². The van der Waals surface area contributed by atoms with E-state index in [2.05, 4.69) is 25.4 Å². The molecule has 0 amide bonds. The summed E-state index contributed by atoms with van der Waals surface area (Å²) in [6, 6.07) is 5.48. The van der Waals surface area contributed by atoms with Gasteiger partial charge in [0.1, 0.15) is 16.6 Å². The summed E-state index contributed by atoms with van der Waals surface area (Å²) in [5, 5.41) is 11.4. The minimum absolute atomic E-state index is 0.700. The van der Waals surface area contributed by atoms with Crippen LogP contribution in [-0.2, 0) is 0 Å². The molecule has 0 aliphatic carbocycles. The van der Waals surface area contributed by atoms with Gasteiger partial charge in [-0.1, -0.05) is 0 Å². The summed E-state index contributed by atoms with van der Waals surface area (Å²) in [4.78, 5) is 8.45. The molecule has 0 aliphatic rings. The van der Waals surface area contributed by atoms with Gasteiger partial charge in [-0.2, -0.15) is 0 Å². The van der Waals surface area contributed by atoms with Crippen molar-refractivity contribution in [2.75, 3.05) is 0 Å². The van der Waals surface area contributed by atoms with Gasteiger partial charge in [0, 0.05) is 12.4 Å². The molecule has 0 unspecified atom stereocenters. The van der Waals surface area contributed by atoms with Gasteiger partial charge < -0.3 is 0 Å². The molecule has 3 rings (SSSR count). The number of hydrogen-bond acceptors (Lipinski definition) is 5. The highest BCUT2D eigenvalue weighted by molar-refractivity contribution is 5.98. The van der Waals surface area contributed by atoms with Gasteiger partial charge in [0.05, 0.1) is 5.52 Å². The third kappa shape index (κ3) is 0.922. The van der Waals surface area contributed by atoms with E-state index in [1.807, 2.05) is 12.1 Å². The molecule has 2 heterocycles. The van der Waals surface area contributed by atoms with Crippen molar-refractivity contribution in [2.45, 2.75) is 0 Å². The van der Waals surface area contributed by atoms with Gasteiger partial charge in [0.2, 0.25) is 0 Å². The first kappa shape index (κ1) is 7.25. The molecule has 0 saturated heterocycles. The summed E-state index contributed by atoms with van der Waals surface area (Å²) in [5.74, 6) is 0. The summed E-state index contributed by atoms with van der Waals surface area (Å²) in [6.45, 7) is 0. The first-order chi connectivity index (χ1) is 6.95. The second-order valence-corrected chi connectivity index (χ2v) is 2.84. The van der Waals surface area contributed by atoms with E-state index in [0.717, 1.165) is 16.6 Å². The molecule has 0 radical (unpaired) electrons. The van der Waals surface area contributed by atoms with Crippen LogP contribution < -0.4 is 0 Å². The standard InChI is InChI=1S/C9H5N5/c1-4-10-6-2-3-7-9(13-14-12-7)8(6)11-5-1/h1-5H. The number of hydrogen-bond donors (Lipinski definition) is 0. The van der Waals surface area contributed by atoms with E-state index >= 15 is 0 Å². The van der Waals surface area contributed by atoms with Crippen molar-refractivity contribution in [2.24, 2.45) is 0 Å². The molecule has 1 aromatic carbocycles. The van der Waals surface area contributed by atoms with Gasteiger partial charge in [-0.3, -0.25) is 9.97 Å². The van der Waals surface area contributed by atoms with Gasteiger partial charge in [-0.05, 0) is 23.4 Å². The maximum absolute atomic E-state index is 4.24. The number of aromatic nitrogens is 5. The number of rotatable bonds is 0. The van der Waals surface area contributed by atoms with Crippen LogP contribution in [0.5, 0.6) is 0 Å². The van der Waals surface area contributed by atoms with Crippen LogP contribution >= 0.6 is 0 Å². The first-order valence-electron chi connectivity index (χ1n) is 4.14. The molecule has 0 atom stereocenters. The molecule has 0 aliphatic heterocycles. The molecule has 0 spiro atoms. The van der Waals surface area contributed by atoms with E-state index in [1.54, 1.807) is 18.5 Å². The summed E-state index contributed by atoms with van der Waals surface area (Å²) in [6.07, 6.45) is 3.38. The fraction of sp³-hybridized carbons (Fsp3) is 0. The van der Waals surface area contributed by atoms with Crippen molar-refractivity contribution >= 4 is 22.1 Å². The monoisotopic (exact) mass is 183 g/mol. The Morgan fingerprint density at radius 2 is 1.64 bits per heavy atom. The van der Waals surface area contributed by atoms with Crippen LogP contribution in [0.4, 0.5) is 0 Å². The molecular formula is C9H5N5. The highest BCUT2D eigenvalue weighted by Gasteiger charge is 2.04. The molecule has 0 N–H and O–H groups in total. The lowest BCUT2D eigenvalue weighted by atomic mass is 10.2.